The number of carbonyl (C=O) groups excluding carboxylic acids is 2. The van der Waals surface area contributed by atoms with Gasteiger partial charge in [0.2, 0.25) is 0 Å². The number of ether oxygens (including phenoxy) is 3. The number of benzene rings is 1. The first-order chi connectivity index (χ1) is 12.2. The fourth-order valence-corrected chi connectivity index (χ4v) is 2.16. The summed E-state index contributed by atoms with van der Waals surface area (Å²) < 4.78 is 21.2. The van der Waals surface area contributed by atoms with E-state index in [0.29, 0.717) is 23.9 Å². The third kappa shape index (κ3) is 4.87. The number of para-hydroxylation sites is 2. The van der Waals surface area contributed by atoms with E-state index < -0.39 is 11.9 Å². The lowest BCUT2D eigenvalue weighted by Crippen LogP contribution is -2.42. The molecule has 2 aromatic rings. The number of hydrogen-bond donors (Lipinski definition) is 1. The predicted octanol–water partition coefficient (Wildman–Crippen LogP) is 1.79. The van der Waals surface area contributed by atoms with Gasteiger partial charge < -0.3 is 23.9 Å². The van der Waals surface area contributed by atoms with Crippen LogP contribution >= 0.6 is 0 Å². The Morgan fingerprint density at radius 3 is 2.84 bits per heavy atom. The summed E-state index contributed by atoms with van der Waals surface area (Å²) in [5, 5.41) is 2.64. The third-order valence-electron chi connectivity index (χ3n) is 3.37. The molecule has 0 saturated carbocycles. The van der Waals surface area contributed by atoms with Gasteiger partial charge in [0.05, 0.1) is 12.8 Å². The molecule has 1 amide bonds. The summed E-state index contributed by atoms with van der Waals surface area (Å²) in [4.78, 5) is 23.3. The second-order valence-electron chi connectivity index (χ2n) is 5.26. The molecule has 1 N–H and O–H groups in total. The number of nitrogens with one attached hydrogen (secondary N) is 1. The molecule has 0 aliphatic carbocycles. The third-order valence-corrected chi connectivity index (χ3v) is 3.37. The Bertz CT molecular complexity index is 753. The van der Waals surface area contributed by atoms with Gasteiger partial charge in [0.15, 0.2) is 18.1 Å². The lowest BCUT2D eigenvalue weighted by Gasteiger charge is -2.26. The number of furan rings is 1. The second-order valence-corrected chi connectivity index (χ2v) is 5.26. The van der Waals surface area contributed by atoms with Crippen LogP contribution in [-0.4, -0.2) is 37.7 Å². The fourth-order valence-electron chi connectivity index (χ4n) is 2.16. The summed E-state index contributed by atoms with van der Waals surface area (Å²) in [6, 6.07) is 10.7. The van der Waals surface area contributed by atoms with Gasteiger partial charge in [-0.3, -0.25) is 4.79 Å². The van der Waals surface area contributed by atoms with E-state index in [1.165, 1.54) is 18.4 Å². The van der Waals surface area contributed by atoms with Crippen molar-refractivity contribution in [2.75, 3.05) is 19.8 Å². The van der Waals surface area contributed by atoms with Crippen LogP contribution in [0.2, 0.25) is 0 Å². The molecule has 1 aliphatic rings. The minimum atomic E-state index is -0.627. The molecular weight excluding hydrogens is 326 g/mol. The van der Waals surface area contributed by atoms with E-state index >= 15 is 0 Å². The van der Waals surface area contributed by atoms with E-state index in [2.05, 4.69) is 5.32 Å². The number of amides is 1. The normalized spacial score (nSPS) is 15.8. The molecule has 7 heteroatoms. The van der Waals surface area contributed by atoms with Crippen LogP contribution in [-0.2, 0) is 14.3 Å². The van der Waals surface area contributed by atoms with Crippen molar-refractivity contribution in [3.63, 3.8) is 0 Å². The van der Waals surface area contributed by atoms with Gasteiger partial charge in [-0.25, -0.2) is 4.79 Å². The molecule has 3 rings (SSSR count). The van der Waals surface area contributed by atoms with Crippen LogP contribution in [0, 0.1) is 0 Å². The monoisotopic (exact) mass is 343 g/mol. The summed E-state index contributed by atoms with van der Waals surface area (Å²) in [6.45, 7) is 0.224. The molecule has 0 spiro atoms. The number of esters is 1. The molecule has 25 heavy (non-hydrogen) atoms. The Kier molecular flexibility index (Phi) is 5.36. The summed E-state index contributed by atoms with van der Waals surface area (Å²) in [5.74, 6) is 0.806. The fraction of sp³-hybridized carbons (Fsp3) is 0.222. The zero-order valence-corrected chi connectivity index (χ0v) is 13.3. The van der Waals surface area contributed by atoms with Crippen molar-refractivity contribution in [1.82, 2.24) is 5.32 Å². The first-order valence-corrected chi connectivity index (χ1v) is 7.74. The molecule has 0 unspecified atom stereocenters. The molecule has 1 aromatic carbocycles. The lowest BCUT2D eigenvalue weighted by molar-refractivity contribution is -0.143. The average molecular weight is 343 g/mol. The molecule has 0 bridgehead atoms. The molecule has 0 saturated heterocycles. The average Bonchev–Trinajstić information content (AvgIpc) is 3.16. The van der Waals surface area contributed by atoms with Gasteiger partial charge in [-0.2, -0.15) is 0 Å². The number of carbonyl (C=O) groups is 2. The maximum absolute atomic E-state index is 11.7. The lowest BCUT2D eigenvalue weighted by atomic mass is 10.2. The first-order valence-electron chi connectivity index (χ1n) is 7.74. The largest absolute Gasteiger partial charge is 0.486 e. The zero-order chi connectivity index (χ0) is 17.5. The van der Waals surface area contributed by atoms with Crippen LogP contribution in [0.3, 0.4) is 0 Å². The van der Waals surface area contributed by atoms with Gasteiger partial charge in [0.1, 0.15) is 18.5 Å². The van der Waals surface area contributed by atoms with E-state index in [-0.39, 0.29) is 19.3 Å². The second kappa shape index (κ2) is 8.05. The molecule has 1 aliphatic heterocycles. The molecule has 7 nitrogen and oxygen atoms in total. The molecule has 1 aromatic heterocycles. The van der Waals surface area contributed by atoms with E-state index in [1.54, 1.807) is 18.2 Å². The Balaban J connectivity index is 1.36. The van der Waals surface area contributed by atoms with Crippen molar-refractivity contribution in [2.45, 2.75) is 6.10 Å². The maximum Gasteiger partial charge on any atom is 0.331 e. The van der Waals surface area contributed by atoms with Gasteiger partial charge in [0, 0.05) is 6.08 Å². The summed E-state index contributed by atoms with van der Waals surface area (Å²) in [5.41, 5.74) is 0. The van der Waals surface area contributed by atoms with Gasteiger partial charge in [-0.15, -0.1) is 0 Å². The van der Waals surface area contributed by atoms with Crippen LogP contribution in [0.4, 0.5) is 0 Å². The van der Waals surface area contributed by atoms with E-state index in [9.17, 15) is 9.59 Å². The highest BCUT2D eigenvalue weighted by molar-refractivity contribution is 5.88. The van der Waals surface area contributed by atoms with Crippen LogP contribution < -0.4 is 14.8 Å². The molecular formula is C18H17NO6. The Morgan fingerprint density at radius 2 is 2.04 bits per heavy atom. The Labute approximate surface area is 144 Å². The van der Waals surface area contributed by atoms with Crippen LogP contribution in [0.1, 0.15) is 5.76 Å². The highest BCUT2D eigenvalue weighted by atomic mass is 16.6. The van der Waals surface area contributed by atoms with Crippen molar-refractivity contribution in [1.29, 1.82) is 0 Å². The van der Waals surface area contributed by atoms with Crippen LogP contribution in [0.25, 0.3) is 6.08 Å². The standard InChI is InChI=1S/C18H17NO6/c20-17(12-24-18(21)8-7-13-4-3-9-22-13)19-10-14-11-23-15-5-1-2-6-16(15)25-14/h1-9,14H,10-12H2,(H,19,20)/b8-7+/t14-/m0/s1. The SMILES string of the molecule is O=C(COC(=O)/C=C/c1ccco1)NC[C@H]1COc2ccccc2O1. The summed E-state index contributed by atoms with van der Waals surface area (Å²) >= 11 is 0. The smallest absolute Gasteiger partial charge is 0.331 e. The van der Waals surface area contributed by atoms with Crippen LogP contribution in [0.5, 0.6) is 11.5 Å². The highest BCUT2D eigenvalue weighted by Gasteiger charge is 2.21. The van der Waals surface area contributed by atoms with E-state index in [1.807, 2.05) is 18.2 Å². The van der Waals surface area contributed by atoms with Gasteiger partial charge in [-0.05, 0) is 30.3 Å². The first kappa shape index (κ1) is 16.6. The summed E-state index contributed by atoms with van der Waals surface area (Å²) in [6.07, 6.45) is 3.85. The molecule has 2 heterocycles. The predicted molar refractivity (Wildman–Crippen MR) is 88.1 cm³/mol. The number of hydrogen-bond acceptors (Lipinski definition) is 6. The minimum absolute atomic E-state index is 0.257. The molecule has 0 fully saturated rings. The number of fused-ring (bicyclic) bond motifs is 1. The van der Waals surface area contributed by atoms with Crippen LogP contribution in [0.15, 0.2) is 53.2 Å². The number of rotatable bonds is 6. The maximum atomic E-state index is 11.7. The van der Waals surface area contributed by atoms with Crippen molar-refractivity contribution >= 4 is 18.0 Å². The molecule has 1 atom stereocenters. The van der Waals surface area contributed by atoms with Crippen molar-refractivity contribution < 1.29 is 28.2 Å². The molecule has 130 valence electrons. The minimum Gasteiger partial charge on any atom is -0.486 e. The van der Waals surface area contributed by atoms with Crippen molar-refractivity contribution in [3.8, 4) is 11.5 Å². The van der Waals surface area contributed by atoms with Crippen molar-refractivity contribution in [2.24, 2.45) is 0 Å². The van der Waals surface area contributed by atoms with E-state index in [4.69, 9.17) is 18.6 Å². The van der Waals surface area contributed by atoms with Gasteiger partial charge >= 0.3 is 5.97 Å². The summed E-state index contributed by atoms with van der Waals surface area (Å²) in [7, 11) is 0. The van der Waals surface area contributed by atoms with E-state index in [0.717, 1.165) is 0 Å². The highest BCUT2D eigenvalue weighted by Crippen LogP contribution is 2.30. The molecule has 0 radical (unpaired) electrons. The van der Waals surface area contributed by atoms with Gasteiger partial charge in [0.25, 0.3) is 5.91 Å². The van der Waals surface area contributed by atoms with Gasteiger partial charge in [-0.1, -0.05) is 12.1 Å². The quantitative estimate of drug-likeness (QED) is 0.636. The van der Waals surface area contributed by atoms with Crippen molar-refractivity contribution in [3.05, 3.63) is 54.5 Å². The Hall–Kier alpha value is -3.22. The Morgan fingerprint density at radius 1 is 1.20 bits per heavy atom. The topological polar surface area (TPSA) is 87.0 Å². The zero-order valence-electron chi connectivity index (χ0n) is 13.3.